The SMILES string of the molecule is c1ccc(-c2nc3cc4c(cc3s2)c2cc(-c3cccc5c6ccccc6n(-c6nc(-c7ccc(-c8cccc9ccccc89)cc7)c7ccccc7n6)c35)ccc2n4-c2nc(-c3ccc(-c4cccc5ccccc45)cc3)c3ccccc3n2)cc1. The van der Waals surface area contributed by atoms with Gasteiger partial charge in [0.15, 0.2) is 0 Å². The van der Waals surface area contributed by atoms with Crippen LogP contribution in [0.2, 0.25) is 0 Å². The van der Waals surface area contributed by atoms with Gasteiger partial charge in [-0.05, 0) is 91.8 Å². The van der Waals surface area contributed by atoms with Gasteiger partial charge in [-0.1, -0.05) is 243 Å². The molecule has 0 unspecified atom stereocenters. The summed E-state index contributed by atoms with van der Waals surface area (Å²) in [6.07, 6.45) is 0. The highest BCUT2D eigenvalue weighted by Crippen LogP contribution is 2.44. The molecule has 18 aromatic rings. The van der Waals surface area contributed by atoms with Crippen LogP contribution in [0.3, 0.4) is 0 Å². The molecule has 87 heavy (non-hydrogen) atoms. The summed E-state index contributed by atoms with van der Waals surface area (Å²) in [5, 5.41) is 12.2. The van der Waals surface area contributed by atoms with Crippen LogP contribution in [0.4, 0.5) is 0 Å². The highest BCUT2D eigenvalue weighted by molar-refractivity contribution is 7.21. The Morgan fingerprint density at radius 1 is 0.253 bits per heavy atom. The lowest BCUT2D eigenvalue weighted by atomic mass is 9.96. The van der Waals surface area contributed by atoms with Gasteiger partial charge in [0.05, 0.1) is 54.7 Å². The Balaban J connectivity index is 0.828. The number of hydrogen-bond donors (Lipinski definition) is 0. The van der Waals surface area contributed by atoms with Crippen LogP contribution < -0.4 is 0 Å². The van der Waals surface area contributed by atoms with Crippen LogP contribution in [0.5, 0.6) is 0 Å². The van der Waals surface area contributed by atoms with Crippen molar-refractivity contribution in [1.29, 1.82) is 0 Å². The maximum absolute atomic E-state index is 5.59. The average molecular weight is 1130 g/mol. The molecule has 404 valence electrons. The Morgan fingerprint density at radius 2 is 0.724 bits per heavy atom. The lowest BCUT2D eigenvalue weighted by Crippen LogP contribution is -2.04. The van der Waals surface area contributed by atoms with Gasteiger partial charge in [0.25, 0.3) is 0 Å². The first-order chi connectivity index (χ1) is 43.1. The number of benzene rings is 13. The normalized spacial score (nSPS) is 11.9. The van der Waals surface area contributed by atoms with E-state index in [2.05, 4.69) is 288 Å². The number of hydrogen-bond acceptors (Lipinski definition) is 6. The third-order valence-corrected chi connectivity index (χ3v) is 18.5. The molecule has 0 saturated heterocycles. The van der Waals surface area contributed by atoms with Crippen molar-refractivity contribution in [2.24, 2.45) is 0 Å². The van der Waals surface area contributed by atoms with E-state index in [1.165, 1.54) is 32.7 Å². The molecule has 0 N–H and O–H groups in total. The fourth-order valence-corrected chi connectivity index (χ4v) is 14.3. The molecule has 8 heteroatoms. The molecule has 0 radical (unpaired) electrons. The Labute approximate surface area is 503 Å². The molecule has 5 aromatic heterocycles. The number of nitrogens with zero attached hydrogens (tertiary/aromatic N) is 7. The van der Waals surface area contributed by atoms with Crippen LogP contribution >= 0.6 is 11.3 Å². The van der Waals surface area contributed by atoms with Crippen molar-refractivity contribution < 1.29 is 0 Å². The first-order valence-electron chi connectivity index (χ1n) is 29.3. The van der Waals surface area contributed by atoms with Crippen molar-refractivity contribution in [2.45, 2.75) is 0 Å². The summed E-state index contributed by atoms with van der Waals surface area (Å²) in [6.45, 7) is 0. The van der Waals surface area contributed by atoms with Gasteiger partial charge in [-0.2, -0.15) is 0 Å². The molecule has 0 fully saturated rings. The first kappa shape index (κ1) is 49.0. The summed E-state index contributed by atoms with van der Waals surface area (Å²) >= 11 is 1.72. The van der Waals surface area contributed by atoms with Crippen LogP contribution in [0.15, 0.2) is 285 Å². The van der Waals surface area contributed by atoms with E-state index in [4.69, 9.17) is 24.9 Å². The fraction of sp³-hybridized carbons (Fsp3) is 0. The molecular weight excluding hydrogens is 1080 g/mol. The number of rotatable bonds is 8. The first-order valence-corrected chi connectivity index (χ1v) is 30.1. The smallest absolute Gasteiger partial charge is 0.235 e. The van der Waals surface area contributed by atoms with Crippen molar-refractivity contribution in [1.82, 2.24) is 34.1 Å². The molecule has 18 rings (SSSR count). The fourth-order valence-electron chi connectivity index (χ4n) is 13.3. The second-order valence-electron chi connectivity index (χ2n) is 22.3. The minimum Gasteiger partial charge on any atom is -0.278 e. The second-order valence-corrected chi connectivity index (χ2v) is 23.4. The van der Waals surface area contributed by atoms with Crippen molar-refractivity contribution in [3.05, 3.63) is 285 Å². The lowest BCUT2D eigenvalue weighted by molar-refractivity contribution is 1.01. The van der Waals surface area contributed by atoms with Gasteiger partial charge in [-0.15, -0.1) is 11.3 Å². The van der Waals surface area contributed by atoms with Crippen molar-refractivity contribution >= 4 is 109 Å². The summed E-state index contributed by atoms with van der Waals surface area (Å²) in [7, 11) is 0. The molecule has 0 aliphatic carbocycles. The summed E-state index contributed by atoms with van der Waals surface area (Å²) in [4.78, 5) is 27.3. The van der Waals surface area contributed by atoms with Gasteiger partial charge in [-0.25, -0.2) is 24.9 Å². The van der Waals surface area contributed by atoms with Crippen molar-refractivity contribution in [2.75, 3.05) is 0 Å². The lowest BCUT2D eigenvalue weighted by Gasteiger charge is -2.14. The van der Waals surface area contributed by atoms with Gasteiger partial charge in [0, 0.05) is 54.6 Å². The minimum atomic E-state index is 0.585. The van der Waals surface area contributed by atoms with Crippen molar-refractivity contribution in [3.63, 3.8) is 0 Å². The number of fused-ring (bicyclic) bond motifs is 11. The van der Waals surface area contributed by atoms with Crippen LogP contribution in [-0.2, 0) is 0 Å². The van der Waals surface area contributed by atoms with E-state index in [1.54, 1.807) is 11.3 Å². The molecule has 0 saturated carbocycles. The zero-order valence-electron chi connectivity index (χ0n) is 46.7. The average Bonchev–Trinajstić information content (AvgIpc) is 1.81. The molecule has 13 aromatic carbocycles. The van der Waals surface area contributed by atoms with Crippen LogP contribution in [0.25, 0.3) is 176 Å². The Morgan fingerprint density at radius 3 is 1.37 bits per heavy atom. The quantitative estimate of drug-likeness (QED) is 0.152. The van der Waals surface area contributed by atoms with Crippen molar-refractivity contribution in [3.8, 4) is 78.4 Å². The molecule has 0 spiro atoms. The maximum Gasteiger partial charge on any atom is 0.235 e. The summed E-state index contributed by atoms with van der Waals surface area (Å²) in [5.74, 6) is 1.19. The number of para-hydroxylation sites is 4. The Bertz CT molecular complexity index is 5810. The van der Waals surface area contributed by atoms with E-state index in [0.29, 0.717) is 11.9 Å². The summed E-state index contributed by atoms with van der Waals surface area (Å²) < 4.78 is 5.62. The largest absolute Gasteiger partial charge is 0.278 e. The van der Waals surface area contributed by atoms with E-state index >= 15 is 0 Å². The third-order valence-electron chi connectivity index (χ3n) is 17.4. The van der Waals surface area contributed by atoms with Gasteiger partial charge in [0.2, 0.25) is 11.9 Å². The molecule has 0 aliphatic rings. The predicted octanol–water partition coefficient (Wildman–Crippen LogP) is 20.7. The van der Waals surface area contributed by atoms with Gasteiger partial charge < -0.3 is 0 Å². The number of thiazole rings is 1. The third kappa shape index (κ3) is 7.92. The van der Waals surface area contributed by atoms with E-state index in [1.807, 2.05) is 6.07 Å². The van der Waals surface area contributed by atoms with Crippen LogP contribution in [0.1, 0.15) is 0 Å². The highest BCUT2D eigenvalue weighted by atomic mass is 32.1. The zero-order valence-corrected chi connectivity index (χ0v) is 47.5. The summed E-state index contributed by atoms with van der Waals surface area (Å²) in [5.41, 5.74) is 18.4. The van der Waals surface area contributed by atoms with Gasteiger partial charge >= 0.3 is 0 Å². The molecule has 0 amide bonds. The number of aromatic nitrogens is 7. The van der Waals surface area contributed by atoms with E-state index in [-0.39, 0.29) is 0 Å². The van der Waals surface area contributed by atoms with E-state index in [9.17, 15) is 0 Å². The monoisotopic (exact) mass is 1130 g/mol. The molecule has 5 heterocycles. The van der Waals surface area contributed by atoms with Crippen LogP contribution in [-0.4, -0.2) is 34.1 Å². The molecule has 0 aliphatic heterocycles. The zero-order chi connectivity index (χ0) is 57.1. The van der Waals surface area contributed by atoms with Gasteiger partial charge in [-0.3, -0.25) is 9.13 Å². The standard InChI is InChI=1S/C79H47N7S/c1-2-19-54(20-3-1)77-80-69-47-72-66(46-73(69)87-77)65-45-55(43-44-71(65)85(72)78-81-67-32-11-8-26-63(67)74(83-78)52-39-35-50(36-40-52)58-28-14-21-48-17-4-6-23-56(48)58)60-30-16-31-62-61-25-10-13-34-70(61)86(76(60)62)79-82-68-33-12-9-27-64(68)75(84-79)53-41-37-51(38-42-53)59-29-15-22-49-18-5-7-24-57(49)59/h1-47H. The topological polar surface area (TPSA) is 74.3 Å². The Kier molecular flexibility index (Phi) is 11.0. The predicted molar refractivity (Wildman–Crippen MR) is 362 cm³/mol. The molecule has 0 atom stereocenters. The van der Waals surface area contributed by atoms with Gasteiger partial charge in [0.1, 0.15) is 5.01 Å². The summed E-state index contributed by atoms with van der Waals surface area (Å²) in [6, 6.07) is 102. The maximum atomic E-state index is 5.59. The Hall–Kier alpha value is -11.5. The highest BCUT2D eigenvalue weighted by Gasteiger charge is 2.24. The molecule has 7 nitrogen and oxygen atoms in total. The molecule has 0 bridgehead atoms. The minimum absolute atomic E-state index is 0.585. The van der Waals surface area contributed by atoms with E-state index < -0.39 is 0 Å². The molecular formula is C79H47N7S. The van der Waals surface area contributed by atoms with E-state index in [0.717, 1.165) is 131 Å². The second kappa shape index (κ2) is 19.6. The van der Waals surface area contributed by atoms with Crippen LogP contribution in [0, 0.1) is 0 Å².